The number of likely N-dealkylation sites (tertiary alicyclic amines) is 1. The molecule has 10 nitrogen and oxygen atoms in total. The first-order valence-corrected chi connectivity index (χ1v) is 14.1. The molecule has 10 heteroatoms. The summed E-state index contributed by atoms with van der Waals surface area (Å²) in [4.78, 5) is 47.5. The molecule has 38 heavy (non-hydrogen) atoms. The van der Waals surface area contributed by atoms with E-state index < -0.39 is 41.6 Å². The second-order valence-electron chi connectivity index (χ2n) is 11.3. The van der Waals surface area contributed by atoms with Crippen molar-refractivity contribution in [3.8, 4) is 0 Å². The van der Waals surface area contributed by atoms with Gasteiger partial charge in [-0.3, -0.25) is 19.3 Å². The molecule has 1 N–H and O–H groups in total. The Hall–Kier alpha value is -2.27. The number of fused-ring (bicyclic) bond motifs is 2. The molecular weight excluding hydrogens is 490 g/mol. The molecule has 0 aromatic heterocycles. The third kappa shape index (κ3) is 4.80. The van der Waals surface area contributed by atoms with Gasteiger partial charge in [0, 0.05) is 32.7 Å². The van der Waals surface area contributed by atoms with E-state index in [9.17, 15) is 19.5 Å². The standard InChI is InChI=1S/C28H41N3O7/c1-19(2)20(18-32)31-24-26(34)30(12-11-29-13-16-36-17-14-29)10-7-9-28(24)23(25(31)33)22-21(38-28)8-5-3-4-6-15-37-27(22)35/h5,7-9,19-24,32H,3-4,6,10-18H2,1-2H3/b8-5-/t20-,21-,22+,23-,24?,28-/m0/s1. The predicted octanol–water partition coefficient (Wildman–Crippen LogP) is 0.598. The first kappa shape index (κ1) is 27.3. The van der Waals surface area contributed by atoms with Gasteiger partial charge in [0.25, 0.3) is 0 Å². The number of carbonyl (C=O) groups is 3. The minimum Gasteiger partial charge on any atom is -0.465 e. The lowest BCUT2D eigenvalue weighted by Gasteiger charge is -2.40. The average Bonchev–Trinajstić information content (AvgIpc) is 3.29. The van der Waals surface area contributed by atoms with E-state index in [0.717, 1.165) is 32.4 Å². The van der Waals surface area contributed by atoms with E-state index in [2.05, 4.69) is 4.90 Å². The van der Waals surface area contributed by atoms with Crippen LogP contribution in [0, 0.1) is 17.8 Å². The minimum absolute atomic E-state index is 0.103. The number of esters is 1. The van der Waals surface area contributed by atoms with Gasteiger partial charge < -0.3 is 29.1 Å². The second-order valence-corrected chi connectivity index (χ2v) is 11.3. The van der Waals surface area contributed by atoms with Gasteiger partial charge in [0.05, 0.1) is 44.5 Å². The molecule has 0 saturated carbocycles. The van der Waals surface area contributed by atoms with Crippen LogP contribution in [0.3, 0.4) is 0 Å². The molecule has 1 spiro atoms. The highest BCUT2D eigenvalue weighted by molar-refractivity contribution is 5.99. The molecule has 3 saturated heterocycles. The van der Waals surface area contributed by atoms with Crippen LogP contribution in [0.1, 0.15) is 33.1 Å². The maximum atomic E-state index is 14.3. The van der Waals surface area contributed by atoms with Gasteiger partial charge in [-0.15, -0.1) is 0 Å². The maximum Gasteiger partial charge on any atom is 0.312 e. The number of ether oxygens (including phenoxy) is 3. The van der Waals surface area contributed by atoms with Gasteiger partial charge in [0.2, 0.25) is 11.8 Å². The minimum atomic E-state index is -1.31. The number of aliphatic hydroxyl groups is 1. The van der Waals surface area contributed by atoms with E-state index in [1.54, 1.807) is 4.90 Å². The molecule has 0 aromatic carbocycles. The van der Waals surface area contributed by atoms with Crippen LogP contribution in [0.4, 0.5) is 0 Å². The van der Waals surface area contributed by atoms with Crippen LogP contribution in [0.2, 0.25) is 0 Å². The molecule has 5 rings (SSSR count). The van der Waals surface area contributed by atoms with Gasteiger partial charge >= 0.3 is 5.97 Å². The van der Waals surface area contributed by atoms with Gasteiger partial charge in [-0.05, 0) is 25.2 Å². The Morgan fingerprint density at radius 1 is 1.05 bits per heavy atom. The van der Waals surface area contributed by atoms with E-state index >= 15 is 0 Å². The van der Waals surface area contributed by atoms with Crippen molar-refractivity contribution >= 4 is 17.8 Å². The Morgan fingerprint density at radius 3 is 2.58 bits per heavy atom. The highest BCUT2D eigenvalue weighted by Gasteiger charge is 2.72. The van der Waals surface area contributed by atoms with E-state index in [1.165, 1.54) is 4.90 Å². The summed E-state index contributed by atoms with van der Waals surface area (Å²) in [7, 11) is 0. The Kier molecular flexibility index (Phi) is 8.23. The maximum absolute atomic E-state index is 14.3. The van der Waals surface area contributed by atoms with Crippen LogP contribution in [0.5, 0.6) is 0 Å². The van der Waals surface area contributed by atoms with Crippen molar-refractivity contribution in [1.82, 2.24) is 14.7 Å². The summed E-state index contributed by atoms with van der Waals surface area (Å²) in [6.45, 7) is 8.44. The molecule has 0 bridgehead atoms. The molecule has 0 aromatic rings. The number of hydrogen-bond acceptors (Lipinski definition) is 8. The molecule has 2 amide bonds. The zero-order valence-electron chi connectivity index (χ0n) is 22.5. The topological polar surface area (TPSA) is 109 Å². The van der Waals surface area contributed by atoms with E-state index in [-0.39, 0.29) is 24.3 Å². The zero-order chi connectivity index (χ0) is 26.9. The van der Waals surface area contributed by atoms with E-state index in [4.69, 9.17) is 14.2 Å². The van der Waals surface area contributed by atoms with Crippen LogP contribution >= 0.6 is 0 Å². The van der Waals surface area contributed by atoms with Crippen molar-refractivity contribution in [2.75, 3.05) is 59.2 Å². The summed E-state index contributed by atoms with van der Waals surface area (Å²) in [5.41, 5.74) is -1.31. The third-order valence-electron chi connectivity index (χ3n) is 8.73. The zero-order valence-corrected chi connectivity index (χ0v) is 22.5. The smallest absolute Gasteiger partial charge is 0.312 e. The number of carbonyl (C=O) groups excluding carboxylic acids is 3. The fourth-order valence-electron chi connectivity index (χ4n) is 6.67. The predicted molar refractivity (Wildman–Crippen MR) is 138 cm³/mol. The first-order chi connectivity index (χ1) is 18.4. The summed E-state index contributed by atoms with van der Waals surface area (Å²) in [5.74, 6) is -2.86. The van der Waals surface area contributed by atoms with E-state index in [1.807, 2.05) is 38.2 Å². The molecule has 0 aliphatic carbocycles. The lowest BCUT2D eigenvalue weighted by atomic mass is 9.78. The molecule has 5 heterocycles. The monoisotopic (exact) mass is 531 g/mol. The largest absolute Gasteiger partial charge is 0.465 e. The summed E-state index contributed by atoms with van der Waals surface area (Å²) in [6, 6.07) is -1.55. The lowest BCUT2D eigenvalue weighted by molar-refractivity contribution is -0.157. The quantitative estimate of drug-likeness (QED) is 0.392. The number of aliphatic hydroxyl groups excluding tert-OH is 1. The van der Waals surface area contributed by atoms with Crippen molar-refractivity contribution in [3.63, 3.8) is 0 Å². The Balaban J connectivity index is 1.52. The summed E-state index contributed by atoms with van der Waals surface area (Å²) in [6.07, 6.45) is 9.43. The molecule has 0 radical (unpaired) electrons. The summed E-state index contributed by atoms with van der Waals surface area (Å²) >= 11 is 0. The van der Waals surface area contributed by atoms with Gasteiger partial charge in [-0.25, -0.2) is 0 Å². The number of allylic oxidation sites excluding steroid dienone is 1. The summed E-state index contributed by atoms with van der Waals surface area (Å²) < 4.78 is 17.7. The van der Waals surface area contributed by atoms with Gasteiger partial charge in [-0.2, -0.15) is 0 Å². The molecule has 5 aliphatic heterocycles. The Morgan fingerprint density at radius 2 is 1.84 bits per heavy atom. The van der Waals surface area contributed by atoms with Gasteiger partial charge in [0.1, 0.15) is 17.6 Å². The van der Waals surface area contributed by atoms with Crippen LogP contribution in [-0.4, -0.2) is 121 Å². The highest BCUT2D eigenvalue weighted by Crippen LogP contribution is 2.53. The van der Waals surface area contributed by atoms with Crippen LogP contribution in [0.15, 0.2) is 24.3 Å². The normalized spacial score (nSPS) is 35.9. The number of cyclic esters (lactones) is 1. The number of rotatable bonds is 6. The SMILES string of the molecule is CC(C)[C@H](CO)N1C(=O)[C@@H]2[C@@H]3C(=O)OCCCC/C=C\[C@@H]3O[C@@]23C=CCN(CCN2CCOCC2)C(=O)C13. The van der Waals surface area contributed by atoms with Gasteiger partial charge in [-0.1, -0.05) is 38.2 Å². The van der Waals surface area contributed by atoms with Crippen molar-refractivity contribution in [3.05, 3.63) is 24.3 Å². The molecule has 5 aliphatic rings. The molecule has 3 fully saturated rings. The molecule has 6 atom stereocenters. The highest BCUT2D eigenvalue weighted by atomic mass is 16.6. The van der Waals surface area contributed by atoms with Crippen LogP contribution < -0.4 is 0 Å². The van der Waals surface area contributed by atoms with Crippen molar-refractivity contribution in [2.45, 2.75) is 56.9 Å². The number of nitrogens with zero attached hydrogens (tertiary/aromatic N) is 3. The van der Waals surface area contributed by atoms with Gasteiger partial charge in [0.15, 0.2) is 0 Å². The van der Waals surface area contributed by atoms with E-state index in [0.29, 0.717) is 39.5 Å². The summed E-state index contributed by atoms with van der Waals surface area (Å²) in [5, 5.41) is 10.4. The third-order valence-corrected chi connectivity index (χ3v) is 8.73. The fraction of sp³-hybridized carbons (Fsp3) is 0.750. The lowest BCUT2D eigenvalue weighted by Crippen LogP contribution is -2.59. The van der Waals surface area contributed by atoms with Crippen LogP contribution in [-0.2, 0) is 28.6 Å². The molecule has 210 valence electrons. The Bertz CT molecular complexity index is 962. The second kappa shape index (κ2) is 11.5. The fourth-order valence-corrected chi connectivity index (χ4v) is 6.67. The van der Waals surface area contributed by atoms with Crippen LogP contribution in [0.25, 0.3) is 0 Å². The number of amides is 2. The average molecular weight is 532 g/mol. The van der Waals surface area contributed by atoms with Crippen molar-refractivity contribution in [1.29, 1.82) is 0 Å². The van der Waals surface area contributed by atoms with Crippen molar-refractivity contribution in [2.24, 2.45) is 17.8 Å². The number of hydrogen-bond donors (Lipinski definition) is 1. The molecular formula is C28H41N3O7. The first-order valence-electron chi connectivity index (χ1n) is 14.1. The Labute approximate surface area is 224 Å². The molecule has 1 unspecified atom stereocenters. The van der Waals surface area contributed by atoms with Crippen molar-refractivity contribution < 1.29 is 33.7 Å². The number of morpholine rings is 1.